The largest absolute Gasteiger partial charge is 0.342 e. The summed E-state index contributed by atoms with van der Waals surface area (Å²) in [7, 11) is -4.94. The molecule has 0 saturated carbocycles. The van der Waals surface area contributed by atoms with E-state index >= 15 is 0 Å². The van der Waals surface area contributed by atoms with Gasteiger partial charge in [-0.2, -0.15) is 0 Å². The predicted molar refractivity (Wildman–Crippen MR) is 29.1 cm³/mol. The van der Waals surface area contributed by atoms with Crippen molar-refractivity contribution < 1.29 is 34.2 Å². The molecule has 1 saturated heterocycles. The van der Waals surface area contributed by atoms with Crippen molar-refractivity contribution >= 4 is 0 Å². The van der Waals surface area contributed by atoms with Gasteiger partial charge in [-0.3, -0.25) is 0 Å². The van der Waals surface area contributed by atoms with E-state index in [1.807, 2.05) is 0 Å². The lowest BCUT2D eigenvalue weighted by Crippen LogP contribution is -2.94. The maximum Gasteiger partial charge on any atom is 0.0957 e. The molecule has 0 aliphatic carbocycles. The van der Waals surface area contributed by atoms with Gasteiger partial charge in [0.1, 0.15) is 0 Å². The summed E-state index contributed by atoms with van der Waals surface area (Å²) >= 11 is 0. The van der Waals surface area contributed by atoms with Gasteiger partial charge in [0.25, 0.3) is 0 Å². The number of nitrogens with two attached hydrogens (primary N) is 1. The fourth-order valence-electron chi connectivity index (χ4n) is 0.883. The Morgan fingerprint density at radius 1 is 1.33 bits per heavy atom. The fraction of sp³-hybridized carbons (Fsp3) is 1.00. The molecule has 1 aliphatic heterocycles. The van der Waals surface area contributed by atoms with Gasteiger partial charge < -0.3 is 10.6 Å². The fourth-order valence-corrected chi connectivity index (χ4v) is 0.883. The highest BCUT2D eigenvalue weighted by molar-refractivity contribution is 4.55. The second-order valence-corrected chi connectivity index (χ2v) is 3.34. The molecule has 1 aliphatic rings. The van der Waals surface area contributed by atoms with Crippen molar-refractivity contribution in [1.82, 2.24) is 5.32 Å². The van der Waals surface area contributed by atoms with E-state index in [4.69, 9.17) is 18.6 Å². The van der Waals surface area contributed by atoms with Crippen molar-refractivity contribution in [3.05, 3.63) is 0 Å². The molecule has 0 aromatic carbocycles. The van der Waals surface area contributed by atoms with Crippen LogP contribution in [-0.2, 0) is 0 Å². The van der Waals surface area contributed by atoms with Crippen LogP contribution in [0.1, 0.15) is 6.92 Å². The Hall–Kier alpha value is 0.0500. The minimum Gasteiger partial charge on any atom is -0.342 e. The van der Waals surface area contributed by atoms with E-state index in [-0.39, 0.29) is 0 Å². The summed E-state index contributed by atoms with van der Waals surface area (Å²) in [5.74, 6) is 0. The van der Waals surface area contributed by atoms with Crippen molar-refractivity contribution in [2.45, 2.75) is 13.0 Å². The molecule has 12 heavy (non-hydrogen) atoms. The third kappa shape index (κ3) is 12.7. The first-order valence-electron chi connectivity index (χ1n) is 3.55. The molecule has 7 heteroatoms. The lowest BCUT2D eigenvalue weighted by molar-refractivity contribution is -2.00. The van der Waals surface area contributed by atoms with Gasteiger partial charge in [-0.1, -0.05) is 0 Å². The zero-order valence-corrected chi connectivity index (χ0v) is 7.54. The molecule has 1 fully saturated rings. The molecular formula is C5H13ClN2O4. The van der Waals surface area contributed by atoms with Crippen LogP contribution >= 0.6 is 0 Å². The minimum absolute atomic E-state index is 0.800. The normalized spacial score (nSPS) is 24.2. The number of halogens is 1. The van der Waals surface area contributed by atoms with Gasteiger partial charge in [0.2, 0.25) is 0 Å². The quantitative estimate of drug-likeness (QED) is 0.403. The van der Waals surface area contributed by atoms with Crippen LogP contribution in [0.3, 0.4) is 0 Å². The topological polar surface area (TPSA) is 121 Å². The predicted octanol–water partition coefficient (Wildman–Crippen LogP) is -6.21. The van der Waals surface area contributed by atoms with Crippen LogP contribution in [0.15, 0.2) is 0 Å². The zero-order valence-electron chi connectivity index (χ0n) is 6.79. The summed E-state index contributed by atoms with van der Waals surface area (Å²) in [6.07, 6.45) is 0. The average molecular weight is 201 g/mol. The number of piperazine rings is 1. The van der Waals surface area contributed by atoms with E-state index in [0.717, 1.165) is 6.04 Å². The molecule has 0 spiro atoms. The van der Waals surface area contributed by atoms with Gasteiger partial charge in [0.15, 0.2) is 0 Å². The van der Waals surface area contributed by atoms with Crippen LogP contribution < -0.4 is 29.3 Å². The summed E-state index contributed by atoms with van der Waals surface area (Å²) in [5, 5.41) is 5.67. The minimum atomic E-state index is -4.94. The molecule has 0 radical (unpaired) electrons. The molecule has 0 bridgehead atoms. The molecule has 0 aromatic heterocycles. The van der Waals surface area contributed by atoms with Crippen molar-refractivity contribution in [3.63, 3.8) is 0 Å². The van der Waals surface area contributed by atoms with E-state index < -0.39 is 10.2 Å². The molecule has 0 amide bonds. The van der Waals surface area contributed by atoms with Crippen molar-refractivity contribution in [2.75, 3.05) is 19.6 Å². The molecule has 0 unspecified atom stereocenters. The average Bonchev–Trinajstić information content (AvgIpc) is 1.85. The van der Waals surface area contributed by atoms with Crippen molar-refractivity contribution in [3.8, 4) is 0 Å². The van der Waals surface area contributed by atoms with Crippen molar-refractivity contribution in [2.24, 2.45) is 0 Å². The maximum atomic E-state index is 8.49. The molecule has 1 heterocycles. The summed E-state index contributed by atoms with van der Waals surface area (Å²) in [4.78, 5) is 0. The van der Waals surface area contributed by atoms with Crippen LogP contribution in [0.4, 0.5) is 0 Å². The first-order chi connectivity index (χ1) is 5.39. The molecule has 3 N–H and O–H groups in total. The molecule has 1 rings (SSSR count). The number of nitrogens with one attached hydrogen (secondary N) is 1. The lowest BCUT2D eigenvalue weighted by Gasteiger charge is -2.17. The standard InChI is InChI=1S/C5H12N2.ClHO4/c1-5-4-6-2-3-7-5;2-1(3,4)5/h5-7H,2-4H2,1H3;(H,2,3,4,5)/t5-;/m1./s1. The highest BCUT2D eigenvalue weighted by Gasteiger charge is 2.07. The Morgan fingerprint density at radius 3 is 2.00 bits per heavy atom. The van der Waals surface area contributed by atoms with Crippen LogP contribution in [-0.4, -0.2) is 25.7 Å². The number of hydrogen-bond acceptors (Lipinski definition) is 5. The summed E-state index contributed by atoms with van der Waals surface area (Å²) in [6.45, 7) is 5.86. The van der Waals surface area contributed by atoms with E-state index in [0.29, 0.717) is 0 Å². The molecular weight excluding hydrogens is 188 g/mol. The Balaban J connectivity index is 0.000000217. The summed E-state index contributed by atoms with van der Waals surface area (Å²) in [6, 6.07) is 0.800. The zero-order chi connectivity index (χ0) is 9.61. The SMILES string of the molecule is C[C@@H]1CNCC[NH2+]1.[O-][Cl+3]([O-])([O-])[O-]. The second-order valence-electron chi connectivity index (χ2n) is 2.58. The van der Waals surface area contributed by atoms with Gasteiger partial charge in [-0.25, -0.2) is 18.6 Å². The van der Waals surface area contributed by atoms with Gasteiger partial charge in [0.05, 0.1) is 12.6 Å². The van der Waals surface area contributed by atoms with Crippen LogP contribution in [0, 0.1) is 10.2 Å². The Labute approximate surface area is 72.9 Å². The third-order valence-corrected chi connectivity index (χ3v) is 1.36. The van der Waals surface area contributed by atoms with Crippen LogP contribution in [0.2, 0.25) is 0 Å². The van der Waals surface area contributed by atoms with E-state index in [9.17, 15) is 0 Å². The van der Waals surface area contributed by atoms with E-state index in [2.05, 4.69) is 17.6 Å². The van der Waals surface area contributed by atoms with Gasteiger partial charge >= 0.3 is 0 Å². The first kappa shape index (κ1) is 12.0. The summed E-state index contributed by atoms with van der Waals surface area (Å²) in [5.41, 5.74) is 0. The third-order valence-electron chi connectivity index (χ3n) is 1.36. The Morgan fingerprint density at radius 2 is 1.83 bits per heavy atom. The lowest BCUT2D eigenvalue weighted by atomic mass is 10.3. The highest BCUT2D eigenvalue weighted by atomic mass is 35.7. The first-order valence-corrected chi connectivity index (χ1v) is 4.79. The second kappa shape index (κ2) is 5.65. The molecule has 1 atom stereocenters. The van der Waals surface area contributed by atoms with Gasteiger partial charge in [-0.05, 0) is 6.92 Å². The van der Waals surface area contributed by atoms with Crippen LogP contribution in [0.25, 0.3) is 0 Å². The van der Waals surface area contributed by atoms with Gasteiger partial charge in [0, 0.05) is 13.1 Å². The number of hydrogen-bond donors (Lipinski definition) is 2. The molecule has 6 nitrogen and oxygen atoms in total. The number of quaternary nitrogens is 1. The summed E-state index contributed by atoms with van der Waals surface area (Å²) < 4.78 is 34.0. The number of rotatable bonds is 0. The maximum absolute atomic E-state index is 8.49. The molecule has 74 valence electrons. The molecule has 0 aromatic rings. The van der Waals surface area contributed by atoms with Crippen molar-refractivity contribution in [1.29, 1.82) is 0 Å². The Bertz CT molecular complexity index is 107. The van der Waals surface area contributed by atoms with E-state index in [1.165, 1.54) is 19.6 Å². The van der Waals surface area contributed by atoms with Crippen LogP contribution in [0.5, 0.6) is 0 Å². The Kier molecular flexibility index (Phi) is 5.68. The monoisotopic (exact) mass is 200 g/mol. The highest BCUT2D eigenvalue weighted by Crippen LogP contribution is 1.70. The van der Waals surface area contributed by atoms with E-state index in [1.54, 1.807) is 0 Å². The smallest absolute Gasteiger partial charge is 0.0957 e. The van der Waals surface area contributed by atoms with Gasteiger partial charge in [-0.15, -0.1) is 10.2 Å².